The first-order valence-corrected chi connectivity index (χ1v) is 5.87. The van der Waals surface area contributed by atoms with Gasteiger partial charge in [0.2, 0.25) is 0 Å². The van der Waals surface area contributed by atoms with Crippen LogP contribution < -0.4 is 4.87 Å². The maximum absolute atomic E-state index is 11.7. The van der Waals surface area contributed by atoms with E-state index in [2.05, 4.69) is 0 Å². The van der Waals surface area contributed by atoms with Gasteiger partial charge >= 0.3 is 4.87 Å². The first kappa shape index (κ1) is 10.8. The standard InChI is InChI=1S/C12H11NO2S/c14-11(10-4-2-1-3-5-10)6-7-13-8-9-16-12(13)15/h1-5,8-9H,6-7H2. The van der Waals surface area contributed by atoms with Crippen molar-refractivity contribution >= 4 is 17.1 Å². The highest BCUT2D eigenvalue weighted by molar-refractivity contribution is 7.07. The van der Waals surface area contributed by atoms with Crippen molar-refractivity contribution in [1.82, 2.24) is 4.57 Å². The van der Waals surface area contributed by atoms with Gasteiger partial charge in [-0.15, -0.1) is 0 Å². The van der Waals surface area contributed by atoms with Gasteiger partial charge in [0.05, 0.1) is 0 Å². The predicted molar refractivity (Wildman–Crippen MR) is 64.0 cm³/mol. The Bertz CT molecular complexity index is 527. The van der Waals surface area contributed by atoms with Crippen LogP contribution in [0.3, 0.4) is 0 Å². The van der Waals surface area contributed by atoms with Crippen LogP contribution in [0.5, 0.6) is 0 Å². The summed E-state index contributed by atoms with van der Waals surface area (Å²) < 4.78 is 1.56. The van der Waals surface area contributed by atoms with Crippen LogP contribution in [0.25, 0.3) is 0 Å². The number of hydrogen-bond donors (Lipinski definition) is 0. The molecule has 16 heavy (non-hydrogen) atoms. The van der Waals surface area contributed by atoms with E-state index in [1.807, 2.05) is 18.2 Å². The van der Waals surface area contributed by atoms with Gasteiger partial charge in [-0.2, -0.15) is 0 Å². The number of benzene rings is 1. The third kappa shape index (κ3) is 2.46. The van der Waals surface area contributed by atoms with Crippen LogP contribution >= 0.6 is 11.3 Å². The van der Waals surface area contributed by atoms with E-state index >= 15 is 0 Å². The molecule has 0 atom stereocenters. The Labute approximate surface area is 97.0 Å². The molecule has 1 aromatic heterocycles. The van der Waals surface area contributed by atoms with Crippen molar-refractivity contribution in [3.8, 4) is 0 Å². The predicted octanol–water partition coefficient (Wildman–Crippen LogP) is 2.18. The van der Waals surface area contributed by atoms with Crippen LogP contribution in [0.15, 0.2) is 46.7 Å². The van der Waals surface area contributed by atoms with Crippen LogP contribution in [0.4, 0.5) is 0 Å². The molecule has 0 aliphatic carbocycles. The summed E-state index contributed by atoms with van der Waals surface area (Å²) in [7, 11) is 0. The van der Waals surface area contributed by atoms with Gasteiger partial charge in [0, 0.05) is 30.1 Å². The SMILES string of the molecule is O=C(CCn1ccsc1=O)c1ccccc1. The summed E-state index contributed by atoms with van der Waals surface area (Å²) in [5.41, 5.74) is 0.700. The number of ketones is 1. The number of aromatic nitrogens is 1. The molecule has 0 aliphatic heterocycles. The molecule has 0 unspecified atom stereocenters. The van der Waals surface area contributed by atoms with Gasteiger partial charge in [0.25, 0.3) is 0 Å². The van der Waals surface area contributed by atoms with Crippen molar-refractivity contribution in [2.75, 3.05) is 0 Å². The number of hydrogen-bond acceptors (Lipinski definition) is 3. The van der Waals surface area contributed by atoms with E-state index in [-0.39, 0.29) is 10.7 Å². The lowest BCUT2D eigenvalue weighted by molar-refractivity contribution is 0.0977. The van der Waals surface area contributed by atoms with E-state index in [4.69, 9.17) is 0 Å². The summed E-state index contributed by atoms with van der Waals surface area (Å²) in [5, 5.41) is 1.73. The van der Waals surface area contributed by atoms with Crippen molar-refractivity contribution in [2.45, 2.75) is 13.0 Å². The summed E-state index contributed by atoms with van der Waals surface area (Å²) in [6.45, 7) is 0.454. The largest absolute Gasteiger partial charge is 0.307 e. The first-order chi connectivity index (χ1) is 7.77. The summed E-state index contributed by atoms with van der Waals surface area (Å²) in [6, 6.07) is 9.13. The van der Waals surface area contributed by atoms with Gasteiger partial charge in [0.1, 0.15) is 0 Å². The summed E-state index contributed by atoms with van der Waals surface area (Å²) in [4.78, 5) is 23.0. The molecule has 0 amide bonds. The molecule has 0 saturated carbocycles. The molecule has 1 aromatic carbocycles. The van der Waals surface area contributed by atoms with Crippen LogP contribution in [0.1, 0.15) is 16.8 Å². The highest BCUT2D eigenvalue weighted by atomic mass is 32.1. The third-order valence-electron chi connectivity index (χ3n) is 2.32. The maximum Gasteiger partial charge on any atom is 0.307 e. The van der Waals surface area contributed by atoms with E-state index in [1.165, 1.54) is 0 Å². The topological polar surface area (TPSA) is 39.1 Å². The van der Waals surface area contributed by atoms with Crippen molar-refractivity contribution in [1.29, 1.82) is 0 Å². The Kier molecular flexibility index (Phi) is 3.31. The highest BCUT2D eigenvalue weighted by Crippen LogP contribution is 2.04. The third-order valence-corrected chi connectivity index (χ3v) is 3.01. The zero-order valence-corrected chi connectivity index (χ0v) is 9.44. The van der Waals surface area contributed by atoms with Crippen molar-refractivity contribution in [3.05, 3.63) is 57.1 Å². The van der Waals surface area contributed by atoms with Gasteiger partial charge in [-0.25, -0.2) is 0 Å². The Hall–Kier alpha value is -1.68. The Morgan fingerprint density at radius 3 is 2.62 bits per heavy atom. The zero-order chi connectivity index (χ0) is 11.4. The second-order valence-electron chi connectivity index (χ2n) is 3.40. The lowest BCUT2D eigenvalue weighted by atomic mass is 10.1. The summed E-state index contributed by atoms with van der Waals surface area (Å²) in [5.74, 6) is 0.0682. The highest BCUT2D eigenvalue weighted by Gasteiger charge is 2.05. The Balaban J connectivity index is 2.00. The number of carbonyl (C=O) groups excluding carboxylic acids is 1. The van der Waals surface area contributed by atoms with Crippen LogP contribution in [-0.4, -0.2) is 10.4 Å². The number of Topliss-reactive ketones (excluding diaryl/α,β-unsaturated/α-hetero) is 1. The van der Waals surface area contributed by atoms with Crippen molar-refractivity contribution in [2.24, 2.45) is 0 Å². The van der Waals surface area contributed by atoms with E-state index in [0.717, 1.165) is 11.3 Å². The molecule has 0 spiro atoms. The van der Waals surface area contributed by atoms with E-state index in [0.29, 0.717) is 18.5 Å². The van der Waals surface area contributed by atoms with Crippen LogP contribution in [0.2, 0.25) is 0 Å². The van der Waals surface area contributed by atoms with E-state index in [1.54, 1.807) is 28.3 Å². The molecule has 2 rings (SSSR count). The number of nitrogens with zero attached hydrogens (tertiary/aromatic N) is 1. The molecule has 0 bridgehead atoms. The average molecular weight is 233 g/mol. The molecule has 3 nitrogen and oxygen atoms in total. The minimum atomic E-state index is -0.0131. The number of thiazole rings is 1. The minimum Gasteiger partial charge on any atom is -0.305 e. The number of aryl methyl sites for hydroxylation is 1. The normalized spacial score (nSPS) is 10.2. The minimum absolute atomic E-state index is 0.0131. The smallest absolute Gasteiger partial charge is 0.305 e. The Morgan fingerprint density at radius 1 is 1.25 bits per heavy atom. The molecule has 1 heterocycles. The molecule has 0 fully saturated rings. The fraction of sp³-hybridized carbons (Fsp3) is 0.167. The molecular weight excluding hydrogens is 222 g/mol. The molecule has 2 aromatic rings. The van der Waals surface area contributed by atoms with Gasteiger partial charge in [0.15, 0.2) is 5.78 Å². The fourth-order valence-electron chi connectivity index (χ4n) is 1.45. The molecule has 0 saturated heterocycles. The average Bonchev–Trinajstić information content (AvgIpc) is 2.73. The second kappa shape index (κ2) is 4.90. The molecule has 0 N–H and O–H groups in total. The van der Waals surface area contributed by atoms with Crippen molar-refractivity contribution < 1.29 is 4.79 Å². The van der Waals surface area contributed by atoms with Gasteiger partial charge in [-0.3, -0.25) is 9.59 Å². The molecule has 0 aliphatic rings. The first-order valence-electron chi connectivity index (χ1n) is 4.99. The second-order valence-corrected chi connectivity index (χ2v) is 4.26. The molecule has 82 valence electrons. The summed E-state index contributed by atoms with van der Waals surface area (Å²) >= 11 is 1.15. The van der Waals surface area contributed by atoms with Gasteiger partial charge in [-0.05, 0) is 0 Å². The fourth-order valence-corrected chi connectivity index (χ4v) is 2.06. The van der Waals surface area contributed by atoms with E-state index < -0.39 is 0 Å². The monoisotopic (exact) mass is 233 g/mol. The molecular formula is C12H11NO2S. The summed E-state index contributed by atoms with van der Waals surface area (Å²) in [6.07, 6.45) is 2.08. The van der Waals surface area contributed by atoms with Crippen LogP contribution in [-0.2, 0) is 6.54 Å². The van der Waals surface area contributed by atoms with Gasteiger partial charge in [-0.1, -0.05) is 41.7 Å². The van der Waals surface area contributed by atoms with Crippen LogP contribution in [0, 0.1) is 0 Å². The van der Waals surface area contributed by atoms with Crippen molar-refractivity contribution in [3.63, 3.8) is 0 Å². The van der Waals surface area contributed by atoms with E-state index in [9.17, 15) is 9.59 Å². The quantitative estimate of drug-likeness (QED) is 0.759. The lowest BCUT2D eigenvalue weighted by Gasteiger charge is -2.01. The van der Waals surface area contributed by atoms with Gasteiger partial charge < -0.3 is 4.57 Å². The zero-order valence-electron chi connectivity index (χ0n) is 8.63. The lowest BCUT2D eigenvalue weighted by Crippen LogP contribution is -2.14. The number of carbonyl (C=O) groups is 1. The Morgan fingerprint density at radius 2 is 2.00 bits per heavy atom. The number of rotatable bonds is 4. The maximum atomic E-state index is 11.7. The molecule has 4 heteroatoms. The molecule has 0 radical (unpaired) electrons.